The Hall–Kier alpha value is -4.54. The molecule has 0 bridgehead atoms. The Morgan fingerprint density at radius 3 is 2.45 bits per heavy atom. The normalized spacial score (nSPS) is 10.4. The van der Waals surface area contributed by atoms with Crippen LogP contribution in [0, 0.1) is 0 Å². The second-order valence-corrected chi connectivity index (χ2v) is 6.35. The van der Waals surface area contributed by atoms with Crippen LogP contribution >= 0.6 is 0 Å². The second kappa shape index (κ2) is 8.45. The van der Waals surface area contributed by atoms with Crippen LogP contribution in [0.2, 0.25) is 0 Å². The van der Waals surface area contributed by atoms with Crippen molar-refractivity contribution in [2.24, 2.45) is 0 Å². The molecule has 0 aliphatic heterocycles. The van der Waals surface area contributed by atoms with E-state index in [4.69, 9.17) is 0 Å². The molecule has 11 heteroatoms. The van der Waals surface area contributed by atoms with Crippen molar-refractivity contribution < 1.29 is 19.1 Å². The third kappa shape index (κ3) is 4.24. The monoisotopic (exact) mass is 422 g/mol. The maximum atomic E-state index is 13.1. The lowest BCUT2D eigenvalue weighted by molar-refractivity contribution is -0.137. The van der Waals surface area contributed by atoms with Crippen LogP contribution in [-0.4, -0.2) is 44.6 Å². The summed E-state index contributed by atoms with van der Waals surface area (Å²) < 4.78 is 5.40. The molecule has 2 amide bonds. The highest BCUT2D eigenvalue weighted by molar-refractivity contribution is 6.15. The number of esters is 1. The third-order valence-electron chi connectivity index (χ3n) is 4.22. The molecule has 0 saturated heterocycles. The van der Waals surface area contributed by atoms with Crippen molar-refractivity contribution in [3.8, 4) is 11.3 Å². The predicted octanol–water partition coefficient (Wildman–Crippen LogP) is 1.02. The minimum absolute atomic E-state index is 0.135. The van der Waals surface area contributed by atoms with Crippen LogP contribution in [0.1, 0.15) is 6.92 Å². The molecule has 0 aliphatic rings. The summed E-state index contributed by atoms with van der Waals surface area (Å²) in [6.07, 6.45) is 1.11. The minimum atomic E-state index is -0.832. The fourth-order valence-corrected chi connectivity index (χ4v) is 2.73. The average molecular weight is 422 g/mol. The third-order valence-corrected chi connectivity index (χ3v) is 4.22. The largest absolute Gasteiger partial charge is 0.464 e. The number of methoxy groups -OCH3 is 1. The number of amides is 2. The van der Waals surface area contributed by atoms with Crippen LogP contribution < -0.4 is 16.2 Å². The smallest absolute Gasteiger partial charge is 0.353 e. The molecule has 2 aromatic heterocycles. The van der Waals surface area contributed by atoms with Crippen LogP contribution in [0.3, 0.4) is 0 Å². The summed E-state index contributed by atoms with van der Waals surface area (Å²) in [5.41, 5.74) is 0.548. The highest BCUT2D eigenvalue weighted by Gasteiger charge is 2.20. The Bertz CT molecular complexity index is 1290. The van der Waals surface area contributed by atoms with E-state index >= 15 is 0 Å². The molecule has 0 saturated carbocycles. The van der Waals surface area contributed by atoms with Gasteiger partial charge in [-0.1, -0.05) is 25.3 Å². The van der Waals surface area contributed by atoms with Crippen LogP contribution in [0.25, 0.3) is 28.0 Å². The van der Waals surface area contributed by atoms with E-state index in [1.807, 2.05) is 0 Å². The summed E-state index contributed by atoms with van der Waals surface area (Å²) in [6, 6.07) is 6.72. The Balaban J connectivity index is 1.97. The predicted molar refractivity (Wildman–Crippen MR) is 113 cm³/mol. The lowest BCUT2D eigenvalue weighted by atomic mass is 10.1. The van der Waals surface area contributed by atoms with Crippen molar-refractivity contribution in [3.63, 3.8) is 0 Å². The topological polar surface area (TPSA) is 148 Å². The number of H-pyrrole nitrogens is 1. The Morgan fingerprint density at radius 2 is 1.84 bits per heavy atom. The van der Waals surface area contributed by atoms with E-state index in [1.165, 1.54) is 6.92 Å². The fraction of sp³-hybridized carbons (Fsp3) is 0.100. The van der Waals surface area contributed by atoms with Gasteiger partial charge in [0.05, 0.1) is 12.8 Å². The van der Waals surface area contributed by atoms with Crippen molar-refractivity contribution in [3.05, 3.63) is 59.8 Å². The molecule has 1 aromatic carbocycles. The van der Waals surface area contributed by atoms with Crippen LogP contribution in [0.15, 0.2) is 54.2 Å². The van der Waals surface area contributed by atoms with Gasteiger partial charge < -0.3 is 15.4 Å². The summed E-state index contributed by atoms with van der Waals surface area (Å²) in [5.74, 6) is -1.87. The lowest BCUT2D eigenvalue weighted by Gasteiger charge is -2.10. The van der Waals surface area contributed by atoms with E-state index in [0.717, 1.165) is 18.0 Å². The van der Waals surface area contributed by atoms with Gasteiger partial charge in [-0.15, -0.1) is 0 Å². The summed E-state index contributed by atoms with van der Waals surface area (Å²) in [6.45, 7) is 8.39. The molecular formula is C20H18N6O5. The number of ether oxygens (including phenoxy) is 1. The van der Waals surface area contributed by atoms with Gasteiger partial charge in [0.1, 0.15) is 23.1 Å². The van der Waals surface area contributed by atoms with E-state index in [9.17, 15) is 19.2 Å². The number of nitrogens with zero attached hydrogens (tertiary/aromatic N) is 3. The number of benzene rings is 1. The number of anilines is 1. The molecule has 0 aliphatic carbocycles. The molecule has 0 spiro atoms. The molecule has 3 aromatic rings. The Morgan fingerprint density at radius 1 is 1.16 bits per heavy atom. The molecule has 0 radical (unpaired) electrons. The molecular weight excluding hydrogens is 404 g/mol. The number of carbonyl (C=O) groups is 3. The molecule has 31 heavy (non-hydrogen) atoms. The Kier molecular flexibility index (Phi) is 5.77. The molecule has 0 atom stereocenters. The SMILES string of the molecule is C=C(NC(=O)C(=C)n1cnc2n[nH]c(-c3ccc(NC(C)=O)cc3)c2c1=O)C(=O)OC. The maximum Gasteiger partial charge on any atom is 0.353 e. The number of fused-ring (bicyclic) bond motifs is 1. The lowest BCUT2D eigenvalue weighted by Crippen LogP contribution is -2.32. The van der Waals surface area contributed by atoms with Crippen molar-refractivity contribution in [1.82, 2.24) is 25.1 Å². The van der Waals surface area contributed by atoms with Gasteiger partial charge in [-0.05, 0) is 12.1 Å². The van der Waals surface area contributed by atoms with E-state index in [2.05, 4.69) is 43.7 Å². The molecule has 158 valence electrons. The van der Waals surface area contributed by atoms with Crippen molar-refractivity contribution in [2.75, 3.05) is 12.4 Å². The summed E-state index contributed by atoms with van der Waals surface area (Å²) in [7, 11) is 1.14. The van der Waals surface area contributed by atoms with Gasteiger partial charge in [0.15, 0.2) is 5.65 Å². The first-order valence-electron chi connectivity index (χ1n) is 8.84. The zero-order valence-corrected chi connectivity index (χ0v) is 16.7. The summed E-state index contributed by atoms with van der Waals surface area (Å²) in [4.78, 5) is 52.1. The maximum absolute atomic E-state index is 13.1. The standard InChI is InChI=1S/C20H18N6O5/c1-10(20(30)31-4)22-18(28)11(2)26-9-21-17-15(19(26)29)16(24-25-17)13-5-7-14(8-6-13)23-12(3)27/h5-9H,1-2H2,3-4H3,(H,22,28)(H,23,27)(H,24,25). The highest BCUT2D eigenvalue weighted by Crippen LogP contribution is 2.24. The first kappa shape index (κ1) is 21.2. The number of rotatable bonds is 6. The van der Waals surface area contributed by atoms with Crippen molar-refractivity contribution in [1.29, 1.82) is 0 Å². The minimum Gasteiger partial charge on any atom is -0.464 e. The number of nitrogens with one attached hydrogen (secondary N) is 3. The zero-order chi connectivity index (χ0) is 22.7. The fourth-order valence-electron chi connectivity index (χ4n) is 2.73. The van der Waals surface area contributed by atoms with E-state index in [1.54, 1.807) is 24.3 Å². The van der Waals surface area contributed by atoms with Crippen LogP contribution in [0.5, 0.6) is 0 Å². The summed E-state index contributed by atoms with van der Waals surface area (Å²) >= 11 is 0. The number of hydrogen-bond acceptors (Lipinski definition) is 7. The Labute approximate surface area is 175 Å². The van der Waals surface area contributed by atoms with Gasteiger partial charge in [0, 0.05) is 18.2 Å². The van der Waals surface area contributed by atoms with Gasteiger partial charge in [-0.3, -0.25) is 24.0 Å². The number of carbonyl (C=O) groups excluding carboxylic acids is 3. The van der Waals surface area contributed by atoms with E-state index in [-0.39, 0.29) is 28.3 Å². The molecule has 0 fully saturated rings. The van der Waals surface area contributed by atoms with Crippen LogP contribution in [-0.2, 0) is 19.1 Å². The zero-order valence-electron chi connectivity index (χ0n) is 16.7. The van der Waals surface area contributed by atoms with Crippen molar-refractivity contribution >= 4 is 40.2 Å². The van der Waals surface area contributed by atoms with E-state index in [0.29, 0.717) is 16.9 Å². The van der Waals surface area contributed by atoms with Gasteiger partial charge in [0.25, 0.3) is 11.5 Å². The molecule has 2 heterocycles. The molecule has 0 unspecified atom stereocenters. The van der Waals surface area contributed by atoms with Gasteiger partial charge in [-0.2, -0.15) is 5.10 Å². The van der Waals surface area contributed by atoms with Gasteiger partial charge in [0.2, 0.25) is 5.91 Å². The number of hydrogen-bond donors (Lipinski definition) is 3. The highest BCUT2D eigenvalue weighted by atomic mass is 16.5. The first-order valence-corrected chi connectivity index (χ1v) is 8.84. The average Bonchev–Trinajstić information content (AvgIpc) is 3.18. The molecule has 3 N–H and O–H groups in total. The van der Waals surface area contributed by atoms with Gasteiger partial charge >= 0.3 is 5.97 Å². The van der Waals surface area contributed by atoms with Crippen molar-refractivity contribution in [2.45, 2.75) is 6.92 Å². The van der Waals surface area contributed by atoms with E-state index < -0.39 is 17.4 Å². The number of aromatic amines is 1. The first-order chi connectivity index (χ1) is 14.7. The quantitative estimate of drug-likeness (QED) is 0.397. The molecule has 11 nitrogen and oxygen atoms in total. The van der Waals surface area contributed by atoms with Gasteiger partial charge in [-0.25, -0.2) is 9.78 Å². The summed E-state index contributed by atoms with van der Waals surface area (Å²) in [5, 5.41) is 11.8. The van der Waals surface area contributed by atoms with Crippen LogP contribution in [0.4, 0.5) is 5.69 Å². The molecule has 3 rings (SSSR count). The number of aromatic nitrogens is 4. The second-order valence-electron chi connectivity index (χ2n) is 6.35.